The van der Waals surface area contributed by atoms with E-state index in [-0.39, 0.29) is 25.5 Å². The van der Waals surface area contributed by atoms with Crippen molar-refractivity contribution in [1.82, 2.24) is 5.32 Å². The molecule has 0 aromatic heterocycles. The highest BCUT2D eigenvalue weighted by Crippen LogP contribution is 2.28. The zero-order valence-electron chi connectivity index (χ0n) is 14.8. The van der Waals surface area contributed by atoms with Crippen LogP contribution >= 0.6 is 0 Å². The first-order valence-corrected chi connectivity index (χ1v) is 8.47. The van der Waals surface area contributed by atoms with Crippen LogP contribution in [0.4, 0.5) is 10.5 Å². The van der Waals surface area contributed by atoms with Gasteiger partial charge in [0, 0.05) is 18.7 Å². The molecule has 8 nitrogen and oxygen atoms in total. The van der Waals surface area contributed by atoms with Gasteiger partial charge in [-0.2, -0.15) is 0 Å². The average molecular weight is 362 g/mol. The molecular formula is C18H22N2O6. The molecule has 1 aliphatic rings. The van der Waals surface area contributed by atoms with E-state index in [0.29, 0.717) is 0 Å². The molecule has 0 bridgehead atoms. The van der Waals surface area contributed by atoms with Crippen molar-refractivity contribution in [2.75, 3.05) is 24.7 Å². The first-order chi connectivity index (χ1) is 12.5. The quantitative estimate of drug-likeness (QED) is 0.768. The van der Waals surface area contributed by atoms with E-state index >= 15 is 0 Å². The second kappa shape index (κ2) is 8.98. The number of ether oxygens (including phenoxy) is 2. The number of nitrogens with one attached hydrogen (secondary N) is 1. The number of hydrogen-bond donors (Lipinski definition) is 1. The van der Waals surface area contributed by atoms with Crippen molar-refractivity contribution in [2.45, 2.75) is 26.7 Å². The van der Waals surface area contributed by atoms with Crippen LogP contribution in [0, 0.1) is 5.92 Å². The van der Waals surface area contributed by atoms with E-state index in [1.54, 1.807) is 11.8 Å². The Morgan fingerprint density at radius 3 is 2.62 bits per heavy atom. The van der Waals surface area contributed by atoms with Gasteiger partial charge < -0.3 is 14.4 Å². The summed E-state index contributed by atoms with van der Waals surface area (Å²) in [7, 11) is 0. The molecule has 1 fully saturated rings. The van der Waals surface area contributed by atoms with Crippen LogP contribution in [0.1, 0.15) is 25.8 Å². The summed E-state index contributed by atoms with van der Waals surface area (Å²) in [6.45, 7) is 3.32. The lowest BCUT2D eigenvalue weighted by Crippen LogP contribution is -2.35. The Kier molecular flexibility index (Phi) is 6.71. The van der Waals surface area contributed by atoms with Crippen molar-refractivity contribution >= 4 is 29.6 Å². The zero-order valence-corrected chi connectivity index (χ0v) is 14.8. The Morgan fingerprint density at radius 2 is 1.92 bits per heavy atom. The van der Waals surface area contributed by atoms with Gasteiger partial charge in [0.05, 0.1) is 12.5 Å². The fourth-order valence-electron chi connectivity index (χ4n) is 2.74. The summed E-state index contributed by atoms with van der Waals surface area (Å²) in [6, 6.07) is 7.52. The predicted molar refractivity (Wildman–Crippen MR) is 92.4 cm³/mol. The molecule has 0 spiro atoms. The number of hydrogen-bond acceptors (Lipinski definition) is 6. The molecule has 1 aliphatic heterocycles. The third-order valence-electron chi connectivity index (χ3n) is 3.98. The minimum absolute atomic E-state index is 0.0242. The number of alkyl carbamates (subject to hydrolysis) is 1. The molecule has 1 aromatic rings. The van der Waals surface area contributed by atoms with Gasteiger partial charge in [-0.25, -0.2) is 4.79 Å². The Balaban J connectivity index is 1.90. The van der Waals surface area contributed by atoms with Gasteiger partial charge >= 0.3 is 12.1 Å². The second-order valence-corrected chi connectivity index (χ2v) is 5.76. The summed E-state index contributed by atoms with van der Waals surface area (Å²) in [5.41, 5.74) is 1.80. The number of imide groups is 1. The maximum absolute atomic E-state index is 12.3. The molecule has 0 unspecified atom stereocenters. The molecule has 8 heteroatoms. The predicted octanol–water partition coefficient (Wildman–Crippen LogP) is 1.42. The maximum Gasteiger partial charge on any atom is 0.413 e. The number of carbonyl (C=O) groups is 4. The van der Waals surface area contributed by atoms with Gasteiger partial charge in [0.15, 0.2) is 6.61 Å². The Bertz CT molecular complexity index is 703. The Morgan fingerprint density at radius 1 is 1.19 bits per heavy atom. The minimum atomic E-state index is -0.896. The largest absolute Gasteiger partial charge is 0.455 e. The van der Waals surface area contributed by atoms with E-state index in [4.69, 9.17) is 4.74 Å². The summed E-state index contributed by atoms with van der Waals surface area (Å²) in [4.78, 5) is 48.6. The van der Waals surface area contributed by atoms with Crippen LogP contribution in [-0.4, -0.2) is 43.6 Å². The molecular weight excluding hydrogens is 340 g/mol. The van der Waals surface area contributed by atoms with Crippen LogP contribution in [0.3, 0.4) is 0 Å². The summed E-state index contributed by atoms with van der Waals surface area (Å²) in [5.74, 6) is -2.24. The lowest BCUT2D eigenvalue weighted by Gasteiger charge is -2.19. The number of rotatable bonds is 6. The van der Waals surface area contributed by atoms with E-state index < -0.39 is 30.5 Å². The highest BCUT2D eigenvalue weighted by molar-refractivity contribution is 6.00. The molecule has 140 valence electrons. The summed E-state index contributed by atoms with van der Waals surface area (Å²) >= 11 is 0. The van der Waals surface area contributed by atoms with Crippen molar-refractivity contribution < 1.29 is 28.7 Å². The summed E-state index contributed by atoms with van der Waals surface area (Å²) < 4.78 is 9.47. The number of carbonyl (C=O) groups excluding carboxylic acids is 4. The number of aryl methyl sites for hydroxylation is 1. The van der Waals surface area contributed by atoms with E-state index in [1.165, 1.54) is 0 Å². The zero-order chi connectivity index (χ0) is 19.1. The first kappa shape index (κ1) is 19.4. The number of amides is 3. The molecule has 3 amide bonds. The van der Waals surface area contributed by atoms with E-state index in [2.05, 4.69) is 4.74 Å². The third-order valence-corrected chi connectivity index (χ3v) is 3.98. The summed E-state index contributed by atoms with van der Waals surface area (Å²) in [5, 5.41) is 1.93. The van der Waals surface area contributed by atoms with Gasteiger partial charge in [-0.05, 0) is 25.0 Å². The molecule has 26 heavy (non-hydrogen) atoms. The van der Waals surface area contributed by atoms with Crippen molar-refractivity contribution in [3.05, 3.63) is 29.8 Å². The van der Waals surface area contributed by atoms with Gasteiger partial charge in [0.25, 0.3) is 5.91 Å². The second-order valence-electron chi connectivity index (χ2n) is 5.76. The molecule has 1 aromatic carbocycles. The van der Waals surface area contributed by atoms with Crippen LogP contribution in [0.15, 0.2) is 24.3 Å². The molecule has 2 rings (SSSR count). The molecule has 1 atom stereocenters. The van der Waals surface area contributed by atoms with Crippen molar-refractivity contribution in [1.29, 1.82) is 0 Å². The fraction of sp³-hybridized carbons (Fsp3) is 0.444. The van der Waals surface area contributed by atoms with Gasteiger partial charge in [0.1, 0.15) is 0 Å². The van der Waals surface area contributed by atoms with Crippen LogP contribution < -0.4 is 10.2 Å². The highest BCUT2D eigenvalue weighted by atomic mass is 16.6. The minimum Gasteiger partial charge on any atom is -0.455 e. The van der Waals surface area contributed by atoms with E-state index in [1.807, 2.05) is 36.5 Å². The van der Waals surface area contributed by atoms with Crippen molar-refractivity contribution in [2.24, 2.45) is 5.92 Å². The van der Waals surface area contributed by atoms with Crippen molar-refractivity contribution in [3.63, 3.8) is 0 Å². The van der Waals surface area contributed by atoms with E-state index in [9.17, 15) is 19.2 Å². The molecule has 1 saturated heterocycles. The van der Waals surface area contributed by atoms with Gasteiger partial charge in [-0.1, -0.05) is 25.1 Å². The average Bonchev–Trinajstić information content (AvgIpc) is 3.01. The smallest absolute Gasteiger partial charge is 0.413 e. The normalized spacial score (nSPS) is 16.3. The van der Waals surface area contributed by atoms with Gasteiger partial charge in [-0.15, -0.1) is 0 Å². The van der Waals surface area contributed by atoms with Crippen molar-refractivity contribution in [3.8, 4) is 0 Å². The van der Waals surface area contributed by atoms with Crippen LogP contribution in [-0.2, 0) is 30.3 Å². The maximum atomic E-state index is 12.3. The number of esters is 1. The number of benzene rings is 1. The SMILES string of the molecule is CCOC(=O)NC(=O)COC(=O)[C@@H]1CC(=O)N(c2ccccc2CC)C1. The Hall–Kier alpha value is -2.90. The topological polar surface area (TPSA) is 102 Å². The van der Waals surface area contributed by atoms with Gasteiger partial charge in [0.2, 0.25) is 5.91 Å². The number of nitrogens with zero attached hydrogens (tertiary/aromatic N) is 1. The monoisotopic (exact) mass is 362 g/mol. The van der Waals surface area contributed by atoms with Gasteiger partial charge in [-0.3, -0.25) is 19.7 Å². The standard InChI is InChI=1S/C18H22N2O6/c1-3-12-7-5-6-8-14(12)20-10-13(9-16(20)22)17(23)26-11-15(21)19-18(24)25-4-2/h5-8,13H,3-4,9-11H2,1-2H3,(H,19,21,24)/t13-/m1/s1. The molecule has 0 radical (unpaired) electrons. The highest BCUT2D eigenvalue weighted by Gasteiger charge is 2.37. The molecule has 0 aliphatic carbocycles. The lowest BCUT2D eigenvalue weighted by molar-refractivity contribution is -0.152. The van der Waals surface area contributed by atoms with Crippen LogP contribution in [0.2, 0.25) is 0 Å². The summed E-state index contributed by atoms with van der Waals surface area (Å²) in [6.07, 6.45) is -0.105. The Labute approximate surface area is 151 Å². The van der Waals surface area contributed by atoms with Crippen LogP contribution in [0.5, 0.6) is 0 Å². The van der Waals surface area contributed by atoms with Crippen LogP contribution in [0.25, 0.3) is 0 Å². The first-order valence-electron chi connectivity index (χ1n) is 8.47. The molecule has 0 saturated carbocycles. The molecule has 1 heterocycles. The third kappa shape index (κ3) is 4.81. The molecule has 1 N–H and O–H groups in total. The lowest BCUT2D eigenvalue weighted by atomic mass is 10.1. The number of anilines is 1. The number of para-hydroxylation sites is 1. The fourth-order valence-corrected chi connectivity index (χ4v) is 2.74. The van der Waals surface area contributed by atoms with E-state index in [0.717, 1.165) is 17.7 Å².